The van der Waals surface area contributed by atoms with E-state index in [0.717, 1.165) is 42.5 Å². The highest BCUT2D eigenvalue weighted by Gasteiger charge is 2.43. The molecule has 2 aromatic rings. The average molecular weight is 434 g/mol. The molecule has 170 valence electrons. The van der Waals surface area contributed by atoms with E-state index in [2.05, 4.69) is 28.5 Å². The van der Waals surface area contributed by atoms with Crippen LogP contribution in [-0.4, -0.2) is 41.8 Å². The molecule has 2 fully saturated rings. The van der Waals surface area contributed by atoms with Crippen molar-refractivity contribution in [3.05, 3.63) is 54.4 Å². The number of nitrogens with one attached hydrogen (secondary N) is 1. The van der Waals surface area contributed by atoms with Gasteiger partial charge in [-0.15, -0.1) is 0 Å². The molecule has 1 saturated heterocycles. The van der Waals surface area contributed by atoms with Gasteiger partial charge in [0.25, 0.3) is 0 Å². The second-order valence-electron chi connectivity index (χ2n) is 9.54. The van der Waals surface area contributed by atoms with E-state index >= 15 is 0 Å². The van der Waals surface area contributed by atoms with Crippen LogP contribution in [0.2, 0.25) is 0 Å². The van der Waals surface area contributed by atoms with Gasteiger partial charge in [0.1, 0.15) is 0 Å². The molecule has 0 radical (unpaired) electrons. The molecule has 2 heterocycles. The summed E-state index contributed by atoms with van der Waals surface area (Å²) in [5, 5.41) is 2.90. The van der Waals surface area contributed by atoms with Gasteiger partial charge < -0.3 is 10.2 Å². The number of likely N-dealkylation sites (tertiary alicyclic amines) is 1. The van der Waals surface area contributed by atoms with E-state index in [4.69, 9.17) is 0 Å². The number of piperidine rings is 1. The van der Waals surface area contributed by atoms with Crippen LogP contribution in [0.3, 0.4) is 0 Å². The average Bonchev–Trinajstić information content (AvgIpc) is 3.37. The molecular weight excluding hydrogens is 398 g/mol. The van der Waals surface area contributed by atoms with Gasteiger partial charge in [0.15, 0.2) is 0 Å². The fourth-order valence-electron chi connectivity index (χ4n) is 5.65. The molecule has 0 bridgehead atoms. The van der Waals surface area contributed by atoms with Crippen LogP contribution < -0.4 is 5.32 Å². The van der Waals surface area contributed by atoms with Crippen molar-refractivity contribution in [2.75, 3.05) is 20.1 Å². The van der Waals surface area contributed by atoms with Crippen LogP contribution in [0, 0.1) is 11.3 Å². The number of aromatic nitrogens is 1. The Labute approximate surface area is 191 Å². The lowest BCUT2D eigenvalue weighted by Crippen LogP contribution is -2.54. The van der Waals surface area contributed by atoms with E-state index in [1.807, 2.05) is 29.3 Å². The van der Waals surface area contributed by atoms with E-state index in [1.54, 1.807) is 13.2 Å². The summed E-state index contributed by atoms with van der Waals surface area (Å²) in [6.07, 6.45) is 12.6. The Bertz CT molecular complexity index is 924. The maximum Gasteiger partial charge on any atom is 0.228 e. The summed E-state index contributed by atoms with van der Waals surface area (Å²) in [5.41, 5.74) is 2.68. The van der Waals surface area contributed by atoms with Crippen LogP contribution in [0.15, 0.2) is 48.8 Å². The normalized spacial score (nSPS) is 21.5. The Morgan fingerprint density at radius 3 is 2.69 bits per heavy atom. The van der Waals surface area contributed by atoms with Crippen molar-refractivity contribution in [2.24, 2.45) is 11.3 Å². The molecule has 1 saturated carbocycles. The van der Waals surface area contributed by atoms with Crippen molar-refractivity contribution in [2.45, 2.75) is 57.8 Å². The number of benzene rings is 1. The summed E-state index contributed by atoms with van der Waals surface area (Å²) >= 11 is 0. The number of carbonyl (C=O) groups is 2. The van der Waals surface area contributed by atoms with Crippen molar-refractivity contribution in [1.82, 2.24) is 15.2 Å². The van der Waals surface area contributed by atoms with E-state index in [1.165, 1.54) is 25.7 Å². The first-order valence-electron chi connectivity index (χ1n) is 12.1. The van der Waals surface area contributed by atoms with Gasteiger partial charge in [-0.3, -0.25) is 14.6 Å². The summed E-state index contributed by atoms with van der Waals surface area (Å²) in [6, 6.07) is 12.2. The predicted octanol–water partition coefficient (Wildman–Crippen LogP) is 4.62. The smallest absolute Gasteiger partial charge is 0.228 e. The third-order valence-electron chi connectivity index (χ3n) is 7.40. The van der Waals surface area contributed by atoms with Gasteiger partial charge in [0, 0.05) is 44.5 Å². The van der Waals surface area contributed by atoms with Crippen LogP contribution in [0.5, 0.6) is 0 Å². The van der Waals surface area contributed by atoms with E-state index in [0.29, 0.717) is 25.3 Å². The van der Waals surface area contributed by atoms with Crippen molar-refractivity contribution in [1.29, 1.82) is 0 Å². The predicted molar refractivity (Wildman–Crippen MR) is 127 cm³/mol. The molecule has 0 unspecified atom stereocenters. The Balaban J connectivity index is 1.54. The number of nitrogens with zero attached hydrogens (tertiary/aromatic N) is 2. The number of carbonyl (C=O) groups excluding carboxylic acids is 2. The second-order valence-corrected chi connectivity index (χ2v) is 9.54. The van der Waals surface area contributed by atoms with Gasteiger partial charge in [0.2, 0.25) is 11.8 Å². The highest BCUT2D eigenvalue weighted by Crippen LogP contribution is 2.37. The SMILES string of the molecule is CNC(=O)[C@]1(Cc2ccccc2-c2cccnc2)CCCN(C(=O)CCC2CCCC2)C1. The number of rotatable bonds is 7. The highest BCUT2D eigenvalue weighted by molar-refractivity contribution is 5.85. The van der Waals surface area contributed by atoms with Gasteiger partial charge >= 0.3 is 0 Å². The zero-order valence-electron chi connectivity index (χ0n) is 19.2. The van der Waals surface area contributed by atoms with Crippen LogP contribution in [0.1, 0.15) is 56.9 Å². The van der Waals surface area contributed by atoms with Crippen molar-refractivity contribution >= 4 is 11.8 Å². The van der Waals surface area contributed by atoms with Crippen molar-refractivity contribution < 1.29 is 9.59 Å². The van der Waals surface area contributed by atoms with Gasteiger partial charge in [-0.05, 0) is 48.8 Å². The summed E-state index contributed by atoms with van der Waals surface area (Å²) < 4.78 is 0. The number of hydrogen-bond acceptors (Lipinski definition) is 3. The van der Waals surface area contributed by atoms with Crippen molar-refractivity contribution in [3.8, 4) is 11.1 Å². The third kappa shape index (κ3) is 5.03. The molecule has 1 aliphatic heterocycles. The molecule has 5 nitrogen and oxygen atoms in total. The maximum atomic E-state index is 13.2. The molecule has 1 atom stereocenters. The minimum absolute atomic E-state index is 0.0341. The molecule has 1 N–H and O–H groups in total. The first kappa shape index (κ1) is 22.5. The molecule has 1 aromatic heterocycles. The molecule has 4 rings (SSSR count). The molecule has 5 heteroatoms. The fraction of sp³-hybridized carbons (Fsp3) is 0.519. The highest BCUT2D eigenvalue weighted by atomic mass is 16.2. The quantitative estimate of drug-likeness (QED) is 0.693. The topological polar surface area (TPSA) is 62.3 Å². The zero-order valence-corrected chi connectivity index (χ0v) is 19.2. The van der Waals surface area contributed by atoms with Crippen LogP contribution in [0.4, 0.5) is 0 Å². The number of hydrogen-bond donors (Lipinski definition) is 1. The van der Waals surface area contributed by atoms with Gasteiger partial charge in [0.05, 0.1) is 5.41 Å². The standard InChI is InChI=1S/C27H35N3O2/c1-28-26(32)27(18-22-10-4-5-12-24(22)23-11-6-16-29-19-23)15-7-17-30(20-27)25(31)14-13-21-8-2-3-9-21/h4-6,10-12,16,19,21H,2-3,7-9,13-15,17-18,20H2,1H3,(H,28,32)/t27-/m0/s1. The number of amides is 2. The van der Waals surface area contributed by atoms with Gasteiger partial charge in [-0.2, -0.15) is 0 Å². The monoisotopic (exact) mass is 433 g/mol. The molecule has 1 aromatic carbocycles. The first-order valence-corrected chi connectivity index (χ1v) is 12.1. The molecule has 2 amide bonds. The third-order valence-corrected chi connectivity index (χ3v) is 7.40. The van der Waals surface area contributed by atoms with E-state index < -0.39 is 5.41 Å². The lowest BCUT2D eigenvalue weighted by Gasteiger charge is -2.42. The molecule has 32 heavy (non-hydrogen) atoms. The lowest BCUT2D eigenvalue weighted by atomic mass is 9.73. The zero-order chi connectivity index (χ0) is 22.4. The van der Waals surface area contributed by atoms with Crippen LogP contribution in [-0.2, 0) is 16.0 Å². The lowest BCUT2D eigenvalue weighted by molar-refractivity contribution is -0.141. The Kier molecular flexibility index (Phi) is 7.23. The molecule has 2 aliphatic rings. The summed E-state index contributed by atoms with van der Waals surface area (Å²) in [6.45, 7) is 1.25. The van der Waals surface area contributed by atoms with E-state index in [9.17, 15) is 9.59 Å². The van der Waals surface area contributed by atoms with Crippen LogP contribution >= 0.6 is 0 Å². The summed E-state index contributed by atoms with van der Waals surface area (Å²) in [7, 11) is 1.71. The van der Waals surface area contributed by atoms with E-state index in [-0.39, 0.29) is 11.8 Å². The Hall–Kier alpha value is -2.69. The largest absolute Gasteiger partial charge is 0.359 e. The van der Waals surface area contributed by atoms with Gasteiger partial charge in [-0.1, -0.05) is 56.0 Å². The van der Waals surface area contributed by atoms with Gasteiger partial charge in [-0.25, -0.2) is 0 Å². The maximum absolute atomic E-state index is 13.2. The summed E-state index contributed by atoms with van der Waals surface area (Å²) in [4.78, 5) is 32.5. The molecule has 0 spiro atoms. The van der Waals surface area contributed by atoms with Crippen LogP contribution in [0.25, 0.3) is 11.1 Å². The molecular formula is C27H35N3O2. The fourth-order valence-corrected chi connectivity index (χ4v) is 5.65. The number of pyridine rings is 1. The first-order chi connectivity index (χ1) is 15.6. The molecule has 1 aliphatic carbocycles. The Morgan fingerprint density at radius 2 is 1.94 bits per heavy atom. The Morgan fingerprint density at radius 1 is 1.12 bits per heavy atom. The minimum Gasteiger partial charge on any atom is -0.359 e. The summed E-state index contributed by atoms with van der Waals surface area (Å²) in [5.74, 6) is 0.955. The van der Waals surface area contributed by atoms with Crippen molar-refractivity contribution in [3.63, 3.8) is 0 Å². The minimum atomic E-state index is -0.603. The second kappa shape index (κ2) is 10.3.